The van der Waals surface area contributed by atoms with Gasteiger partial charge in [0, 0.05) is 17.6 Å². The molecule has 0 bridgehead atoms. The molecule has 2 aromatic heterocycles. The minimum Gasteiger partial charge on any atom is -0.307 e. The monoisotopic (exact) mass is 315 g/mol. The number of thioether (sulfide) groups is 1. The Morgan fingerprint density at radius 2 is 2.19 bits per heavy atom. The van der Waals surface area contributed by atoms with Gasteiger partial charge in [-0.25, -0.2) is 4.98 Å². The van der Waals surface area contributed by atoms with Crippen LogP contribution in [0.1, 0.15) is 17.0 Å². The number of carbonyl (C=O) groups excluding carboxylic acids is 1. The lowest BCUT2D eigenvalue weighted by molar-refractivity contribution is -0.115. The van der Waals surface area contributed by atoms with Gasteiger partial charge in [-0.2, -0.15) is 0 Å². The number of nitrogens with zero attached hydrogens (tertiary/aromatic N) is 2. The highest BCUT2D eigenvalue weighted by molar-refractivity contribution is 8.26. The molecule has 1 aliphatic rings. The molecule has 3 rings (SSSR count). The Balaban J connectivity index is 2.05. The number of thiocarbonyl (C=S) groups is 1. The van der Waals surface area contributed by atoms with Crippen molar-refractivity contribution in [2.45, 2.75) is 13.8 Å². The first kappa shape index (κ1) is 14.0. The molecule has 0 aromatic carbocycles. The molecule has 0 aliphatic carbocycles. The van der Waals surface area contributed by atoms with Crippen LogP contribution in [0.3, 0.4) is 0 Å². The van der Waals surface area contributed by atoms with Gasteiger partial charge in [0.1, 0.15) is 10.1 Å². The second kappa shape index (κ2) is 5.46. The highest BCUT2D eigenvalue weighted by Crippen LogP contribution is 2.28. The molecule has 0 unspecified atom stereocenters. The number of rotatable bonds is 2. The number of amides is 1. The fraction of sp³-hybridized carbons (Fsp3) is 0.133. The van der Waals surface area contributed by atoms with Gasteiger partial charge in [0.15, 0.2) is 0 Å². The van der Waals surface area contributed by atoms with Crippen LogP contribution in [0.2, 0.25) is 0 Å². The van der Waals surface area contributed by atoms with E-state index >= 15 is 0 Å². The molecular weight excluding hydrogens is 302 g/mol. The van der Waals surface area contributed by atoms with E-state index in [1.165, 1.54) is 11.8 Å². The average Bonchev–Trinajstić information content (AvgIpc) is 2.91. The maximum Gasteiger partial charge on any atom is 0.263 e. The Morgan fingerprint density at radius 1 is 1.38 bits per heavy atom. The van der Waals surface area contributed by atoms with E-state index < -0.39 is 0 Å². The number of hydrogen-bond donors (Lipinski definition) is 1. The molecule has 1 amide bonds. The van der Waals surface area contributed by atoms with Crippen molar-refractivity contribution in [1.29, 1.82) is 0 Å². The lowest BCUT2D eigenvalue weighted by atomic mass is 10.2. The van der Waals surface area contributed by atoms with Crippen LogP contribution in [0.5, 0.6) is 0 Å². The zero-order valence-corrected chi connectivity index (χ0v) is 13.2. The van der Waals surface area contributed by atoms with E-state index in [1.807, 2.05) is 44.2 Å². The standard InChI is InChI=1S/C15H13N3OS2/c1-9-7-11(8-12-14(19)17-15(20)21-12)10(2)18(9)13-5-3-4-6-16-13/h3-8H,1-2H3,(H,17,19,20)/b12-8+. The van der Waals surface area contributed by atoms with Crippen LogP contribution in [0, 0.1) is 13.8 Å². The lowest BCUT2D eigenvalue weighted by Gasteiger charge is -2.07. The fourth-order valence-corrected chi connectivity index (χ4v) is 3.37. The Morgan fingerprint density at radius 3 is 2.81 bits per heavy atom. The van der Waals surface area contributed by atoms with Gasteiger partial charge >= 0.3 is 0 Å². The summed E-state index contributed by atoms with van der Waals surface area (Å²) in [5.41, 5.74) is 3.12. The second-order valence-electron chi connectivity index (χ2n) is 4.70. The maximum absolute atomic E-state index is 11.8. The van der Waals surface area contributed by atoms with Gasteiger partial charge in [0.2, 0.25) is 0 Å². The molecule has 0 spiro atoms. The van der Waals surface area contributed by atoms with Gasteiger partial charge < -0.3 is 9.88 Å². The van der Waals surface area contributed by atoms with Crippen molar-refractivity contribution in [2.75, 3.05) is 0 Å². The molecule has 0 saturated carbocycles. The molecular formula is C15H13N3OS2. The molecule has 0 atom stereocenters. The first-order valence-corrected chi connectivity index (χ1v) is 7.64. The third-order valence-electron chi connectivity index (χ3n) is 3.28. The van der Waals surface area contributed by atoms with Crippen molar-refractivity contribution in [3.05, 3.63) is 52.3 Å². The van der Waals surface area contributed by atoms with Crippen LogP contribution in [0.4, 0.5) is 0 Å². The Kier molecular flexibility index (Phi) is 3.65. The molecule has 2 aromatic rings. The molecule has 1 N–H and O–H groups in total. The number of carbonyl (C=O) groups is 1. The van der Waals surface area contributed by atoms with Crippen molar-refractivity contribution in [1.82, 2.24) is 14.9 Å². The molecule has 0 radical (unpaired) electrons. The normalized spacial score (nSPS) is 16.6. The van der Waals surface area contributed by atoms with Gasteiger partial charge in [0.25, 0.3) is 5.91 Å². The number of aryl methyl sites for hydroxylation is 1. The SMILES string of the molecule is Cc1cc(/C=C2/SC(=S)NC2=O)c(C)n1-c1ccccn1. The van der Waals surface area contributed by atoms with E-state index in [0.29, 0.717) is 9.23 Å². The third-order valence-corrected chi connectivity index (χ3v) is 4.44. The van der Waals surface area contributed by atoms with Crippen LogP contribution in [-0.4, -0.2) is 19.8 Å². The molecule has 106 valence electrons. The van der Waals surface area contributed by atoms with Gasteiger partial charge in [-0.05, 0) is 43.7 Å². The summed E-state index contributed by atoms with van der Waals surface area (Å²) in [7, 11) is 0. The summed E-state index contributed by atoms with van der Waals surface area (Å²) in [6.45, 7) is 4.04. The van der Waals surface area contributed by atoms with Crippen molar-refractivity contribution >= 4 is 40.3 Å². The predicted molar refractivity (Wildman–Crippen MR) is 89.3 cm³/mol. The minimum absolute atomic E-state index is 0.132. The molecule has 3 heterocycles. The van der Waals surface area contributed by atoms with Gasteiger partial charge in [0.05, 0.1) is 4.91 Å². The topological polar surface area (TPSA) is 46.9 Å². The number of nitrogens with one attached hydrogen (secondary N) is 1. The quantitative estimate of drug-likeness (QED) is 0.684. The van der Waals surface area contributed by atoms with E-state index in [1.54, 1.807) is 6.20 Å². The fourth-order valence-electron chi connectivity index (χ4n) is 2.33. The Hall–Kier alpha value is -1.92. The lowest BCUT2D eigenvalue weighted by Crippen LogP contribution is -2.17. The van der Waals surface area contributed by atoms with Gasteiger partial charge in [-0.3, -0.25) is 4.79 Å². The van der Waals surface area contributed by atoms with Crippen molar-refractivity contribution in [3.63, 3.8) is 0 Å². The summed E-state index contributed by atoms with van der Waals surface area (Å²) in [5, 5.41) is 2.63. The zero-order chi connectivity index (χ0) is 15.0. The van der Waals surface area contributed by atoms with Crippen molar-refractivity contribution in [2.24, 2.45) is 0 Å². The summed E-state index contributed by atoms with van der Waals surface area (Å²) in [6, 6.07) is 7.86. The van der Waals surface area contributed by atoms with E-state index in [2.05, 4.69) is 14.9 Å². The summed E-state index contributed by atoms with van der Waals surface area (Å²) in [6.07, 6.45) is 3.64. The first-order chi connectivity index (χ1) is 10.1. The van der Waals surface area contributed by atoms with Crippen molar-refractivity contribution in [3.8, 4) is 5.82 Å². The first-order valence-electron chi connectivity index (χ1n) is 6.41. The zero-order valence-electron chi connectivity index (χ0n) is 11.6. The molecule has 6 heteroatoms. The van der Waals surface area contributed by atoms with E-state index in [0.717, 1.165) is 22.8 Å². The Labute approximate surface area is 132 Å². The summed E-state index contributed by atoms with van der Waals surface area (Å²) >= 11 is 6.30. The van der Waals surface area contributed by atoms with Crippen LogP contribution < -0.4 is 5.32 Å². The Bertz CT molecular complexity index is 763. The number of aromatic nitrogens is 2. The molecule has 1 aliphatic heterocycles. The smallest absolute Gasteiger partial charge is 0.263 e. The van der Waals surface area contributed by atoms with E-state index in [4.69, 9.17) is 12.2 Å². The minimum atomic E-state index is -0.132. The van der Waals surface area contributed by atoms with E-state index in [-0.39, 0.29) is 5.91 Å². The predicted octanol–water partition coefficient (Wildman–Crippen LogP) is 2.98. The summed E-state index contributed by atoms with van der Waals surface area (Å²) in [4.78, 5) is 16.8. The maximum atomic E-state index is 11.8. The molecule has 21 heavy (non-hydrogen) atoms. The second-order valence-corrected chi connectivity index (χ2v) is 6.42. The summed E-state index contributed by atoms with van der Waals surface area (Å²) < 4.78 is 2.58. The summed E-state index contributed by atoms with van der Waals surface area (Å²) in [5.74, 6) is 0.740. The highest BCUT2D eigenvalue weighted by atomic mass is 32.2. The van der Waals surface area contributed by atoms with Crippen LogP contribution in [-0.2, 0) is 4.79 Å². The molecule has 1 saturated heterocycles. The van der Waals surface area contributed by atoms with E-state index in [9.17, 15) is 4.79 Å². The van der Waals surface area contributed by atoms with Crippen LogP contribution in [0.15, 0.2) is 35.4 Å². The van der Waals surface area contributed by atoms with Crippen LogP contribution in [0.25, 0.3) is 11.9 Å². The third kappa shape index (κ3) is 2.64. The average molecular weight is 315 g/mol. The highest BCUT2D eigenvalue weighted by Gasteiger charge is 2.23. The van der Waals surface area contributed by atoms with Gasteiger partial charge in [-0.1, -0.05) is 30.0 Å². The van der Waals surface area contributed by atoms with Crippen molar-refractivity contribution < 1.29 is 4.79 Å². The number of hydrogen-bond acceptors (Lipinski definition) is 4. The molecule has 4 nitrogen and oxygen atoms in total. The number of pyridine rings is 1. The largest absolute Gasteiger partial charge is 0.307 e. The van der Waals surface area contributed by atoms with Crippen LogP contribution >= 0.6 is 24.0 Å². The molecule has 1 fully saturated rings. The van der Waals surface area contributed by atoms with Gasteiger partial charge in [-0.15, -0.1) is 0 Å².